The summed E-state index contributed by atoms with van der Waals surface area (Å²) < 4.78 is 11.1. The lowest BCUT2D eigenvalue weighted by atomic mass is 9.86. The number of pyridine rings is 1. The molecular weight excluding hydrogens is 266 g/mol. The Labute approximate surface area is 124 Å². The van der Waals surface area contributed by atoms with Crippen LogP contribution in [0.3, 0.4) is 0 Å². The van der Waals surface area contributed by atoms with Crippen LogP contribution in [0.5, 0.6) is 17.4 Å². The van der Waals surface area contributed by atoms with Crippen LogP contribution in [0.25, 0.3) is 0 Å². The molecule has 0 saturated carbocycles. The first kappa shape index (κ1) is 15.0. The van der Waals surface area contributed by atoms with E-state index in [1.165, 1.54) is 0 Å². The van der Waals surface area contributed by atoms with Gasteiger partial charge in [-0.05, 0) is 35.7 Å². The zero-order chi connectivity index (χ0) is 15.5. The van der Waals surface area contributed by atoms with Crippen molar-refractivity contribution in [3.8, 4) is 17.4 Å². The van der Waals surface area contributed by atoms with E-state index in [4.69, 9.17) is 9.47 Å². The van der Waals surface area contributed by atoms with Crippen LogP contribution in [-0.4, -0.2) is 18.4 Å². The minimum Gasteiger partial charge on any atom is -0.497 e. The molecule has 2 rings (SSSR count). The number of methoxy groups -OCH3 is 1. The Bertz CT molecular complexity index is 645. The predicted octanol–water partition coefficient (Wildman–Crippen LogP) is 3.99. The molecule has 0 unspecified atom stereocenters. The molecule has 0 aliphatic carbocycles. The second-order valence-corrected chi connectivity index (χ2v) is 5.73. The number of hydrogen-bond acceptors (Lipinski definition) is 4. The molecule has 0 spiro atoms. The van der Waals surface area contributed by atoms with Crippen LogP contribution in [0.15, 0.2) is 36.5 Å². The SMILES string of the molecule is COc1ccc(Oc2ncccc2C=O)c(C(C)(C)C)c1. The maximum Gasteiger partial charge on any atom is 0.229 e. The summed E-state index contributed by atoms with van der Waals surface area (Å²) in [5, 5.41) is 0. The third-order valence-corrected chi connectivity index (χ3v) is 3.13. The highest BCUT2D eigenvalue weighted by Gasteiger charge is 2.21. The van der Waals surface area contributed by atoms with Gasteiger partial charge in [0.15, 0.2) is 6.29 Å². The average Bonchev–Trinajstić information content (AvgIpc) is 2.47. The molecule has 0 radical (unpaired) electrons. The van der Waals surface area contributed by atoms with Gasteiger partial charge >= 0.3 is 0 Å². The lowest BCUT2D eigenvalue weighted by Gasteiger charge is -2.23. The Kier molecular flexibility index (Phi) is 4.26. The van der Waals surface area contributed by atoms with Crippen molar-refractivity contribution < 1.29 is 14.3 Å². The fourth-order valence-corrected chi connectivity index (χ4v) is 1.99. The zero-order valence-corrected chi connectivity index (χ0v) is 12.7. The first-order valence-corrected chi connectivity index (χ1v) is 6.72. The number of nitrogens with zero attached hydrogens (tertiary/aromatic N) is 1. The van der Waals surface area contributed by atoms with E-state index in [0.717, 1.165) is 17.6 Å². The summed E-state index contributed by atoms with van der Waals surface area (Å²) in [6.07, 6.45) is 2.34. The summed E-state index contributed by atoms with van der Waals surface area (Å²) in [4.78, 5) is 15.2. The number of hydrogen-bond donors (Lipinski definition) is 0. The standard InChI is InChI=1S/C17H19NO3/c1-17(2,3)14-10-13(20-4)7-8-15(14)21-16-12(11-19)6-5-9-18-16/h5-11H,1-4H3. The number of benzene rings is 1. The van der Waals surface area contributed by atoms with Gasteiger partial charge in [-0.1, -0.05) is 20.8 Å². The number of ether oxygens (including phenoxy) is 2. The van der Waals surface area contributed by atoms with Crippen LogP contribution >= 0.6 is 0 Å². The molecule has 21 heavy (non-hydrogen) atoms. The van der Waals surface area contributed by atoms with Crippen LogP contribution < -0.4 is 9.47 Å². The summed E-state index contributed by atoms with van der Waals surface area (Å²) in [5.41, 5.74) is 1.29. The smallest absolute Gasteiger partial charge is 0.229 e. The summed E-state index contributed by atoms with van der Waals surface area (Å²) in [5.74, 6) is 1.75. The highest BCUT2D eigenvalue weighted by Crippen LogP contribution is 2.36. The monoisotopic (exact) mass is 285 g/mol. The quantitative estimate of drug-likeness (QED) is 0.797. The molecule has 0 fully saturated rings. The average molecular weight is 285 g/mol. The maximum atomic E-state index is 11.1. The molecule has 2 aromatic rings. The molecular formula is C17H19NO3. The molecule has 4 heteroatoms. The molecule has 0 N–H and O–H groups in total. The highest BCUT2D eigenvalue weighted by molar-refractivity contribution is 5.78. The minimum atomic E-state index is -0.125. The summed E-state index contributed by atoms with van der Waals surface area (Å²) in [6.45, 7) is 6.27. The van der Waals surface area contributed by atoms with E-state index in [-0.39, 0.29) is 5.41 Å². The van der Waals surface area contributed by atoms with Gasteiger partial charge < -0.3 is 9.47 Å². The normalized spacial score (nSPS) is 11.0. The molecule has 0 amide bonds. The molecule has 0 saturated heterocycles. The Hall–Kier alpha value is -2.36. The van der Waals surface area contributed by atoms with Crippen LogP contribution in [-0.2, 0) is 5.41 Å². The summed E-state index contributed by atoms with van der Waals surface area (Å²) in [7, 11) is 1.63. The third-order valence-electron chi connectivity index (χ3n) is 3.13. The molecule has 0 aliphatic heterocycles. The van der Waals surface area contributed by atoms with Crippen molar-refractivity contribution in [3.63, 3.8) is 0 Å². The zero-order valence-electron chi connectivity index (χ0n) is 12.7. The Morgan fingerprint density at radius 2 is 1.95 bits per heavy atom. The minimum absolute atomic E-state index is 0.125. The van der Waals surface area contributed by atoms with Gasteiger partial charge in [0.1, 0.15) is 11.5 Å². The van der Waals surface area contributed by atoms with E-state index in [2.05, 4.69) is 25.8 Å². The van der Waals surface area contributed by atoms with Gasteiger partial charge in [-0.3, -0.25) is 4.79 Å². The second kappa shape index (κ2) is 5.95. The molecule has 0 atom stereocenters. The van der Waals surface area contributed by atoms with E-state index in [0.29, 0.717) is 17.2 Å². The van der Waals surface area contributed by atoms with Crippen molar-refractivity contribution in [1.29, 1.82) is 0 Å². The Balaban J connectivity index is 2.46. The number of aromatic nitrogens is 1. The van der Waals surface area contributed by atoms with E-state index >= 15 is 0 Å². The van der Waals surface area contributed by atoms with Gasteiger partial charge in [-0.2, -0.15) is 0 Å². The predicted molar refractivity (Wildman–Crippen MR) is 81.4 cm³/mol. The van der Waals surface area contributed by atoms with E-state index in [1.807, 2.05) is 18.2 Å². The van der Waals surface area contributed by atoms with Gasteiger partial charge in [0.2, 0.25) is 5.88 Å². The molecule has 1 heterocycles. The molecule has 0 bridgehead atoms. The molecule has 110 valence electrons. The lowest BCUT2D eigenvalue weighted by Crippen LogP contribution is -2.13. The van der Waals surface area contributed by atoms with Gasteiger partial charge in [-0.15, -0.1) is 0 Å². The van der Waals surface area contributed by atoms with E-state index < -0.39 is 0 Å². The summed E-state index contributed by atoms with van der Waals surface area (Å²) >= 11 is 0. The van der Waals surface area contributed by atoms with E-state index in [9.17, 15) is 4.79 Å². The number of carbonyl (C=O) groups is 1. The lowest BCUT2D eigenvalue weighted by molar-refractivity contribution is 0.112. The maximum absolute atomic E-state index is 11.1. The van der Waals surface area contributed by atoms with Crippen LogP contribution in [0.4, 0.5) is 0 Å². The number of rotatable bonds is 4. The van der Waals surface area contributed by atoms with Crippen molar-refractivity contribution in [2.24, 2.45) is 0 Å². The van der Waals surface area contributed by atoms with Crippen molar-refractivity contribution in [3.05, 3.63) is 47.7 Å². The van der Waals surface area contributed by atoms with Crippen molar-refractivity contribution in [2.75, 3.05) is 7.11 Å². The Morgan fingerprint density at radius 3 is 2.57 bits per heavy atom. The third kappa shape index (κ3) is 3.40. The van der Waals surface area contributed by atoms with Crippen molar-refractivity contribution in [1.82, 2.24) is 4.98 Å². The second-order valence-electron chi connectivity index (χ2n) is 5.73. The van der Waals surface area contributed by atoms with Crippen LogP contribution in [0.2, 0.25) is 0 Å². The first-order chi connectivity index (χ1) is 9.95. The van der Waals surface area contributed by atoms with Crippen molar-refractivity contribution in [2.45, 2.75) is 26.2 Å². The van der Waals surface area contributed by atoms with Crippen LogP contribution in [0.1, 0.15) is 36.7 Å². The largest absolute Gasteiger partial charge is 0.497 e. The number of carbonyl (C=O) groups excluding carboxylic acids is 1. The molecule has 1 aromatic carbocycles. The van der Waals surface area contributed by atoms with Crippen molar-refractivity contribution >= 4 is 6.29 Å². The summed E-state index contributed by atoms with van der Waals surface area (Å²) in [6, 6.07) is 8.99. The van der Waals surface area contributed by atoms with E-state index in [1.54, 1.807) is 25.4 Å². The van der Waals surface area contributed by atoms with Gasteiger partial charge in [-0.25, -0.2) is 4.98 Å². The molecule has 4 nitrogen and oxygen atoms in total. The van der Waals surface area contributed by atoms with Gasteiger partial charge in [0, 0.05) is 11.8 Å². The topological polar surface area (TPSA) is 48.4 Å². The fourth-order valence-electron chi connectivity index (χ4n) is 1.99. The Morgan fingerprint density at radius 1 is 1.19 bits per heavy atom. The molecule has 1 aromatic heterocycles. The number of aldehydes is 1. The first-order valence-electron chi connectivity index (χ1n) is 6.72. The fraction of sp³-hybridized carbons (Fsp3) is 0.294. The van der Waals surface area contributed by atoms with Crippen LogP contribution in [0, 0.1) is 0 Å². The highest BCUT2D eigenvalue weighted by atomic mass is 16.5. The molecule has 0 aliphatic rings. The van der Waals surface area contributed by atoms with Gasteiger partial charge in [0.05, 0.1) is 12.7 Å². The van der Waals surface area contributed by atoms with Gasteiger partial charge in [0.25, 0.3) is 0 Å².